The van der Waals surface area contributed by atoms with Gasteiger partial charge in [-0.2, -0.15) is 0 Å². The fraction of sp³-hybridized carbons (Fsp3) is 1.00. The van der Waals surface area contributed by atoms with Gasteiger partial charge in [0.1, 0.15) is 7.85 Å². The van der Waals surface area contributed by atoms with Gasteiger partial charge in [-0.15, -0.1) is 0 Å². The van der Waals surface area contributed by atoms with Crippen molar-refractivity contribution in [3.8, 4) is 0 Å². The minimum absolute atomic E-state index is 0.265. The Labute approximate surface area is 76.0 Å². The van der Waals surface area contributed by atoms with E-state index in [2.05, 4.69) is 28.6 Å². The van der Waals surface area contributed by atoms with E-state index in [4.69, 9.17) is 9.47 Å². The minimum atomic E-state index is 0.265. The van der Waals surface area contributed by atoms with E-state index in [0.29, 0.717) is 18.1 Å². The molecule has 1 fully saturated rings. The highest BCUT2D eigenvalue weighted by Gasteiger charge is 2.37. The van der Waals surface area contributed by atoms with Gasteiger partial charge in [0.15, 0.2) is 0 Å². The zero-order chi connectivity index (χ0) is 9.14. The molecule has 0 aromatic heterocycles. The third-order valence-electron chi connectivity index (χ3n) is 2.67. The Kier molecular flexibility index (Phi) is 3.60. The minimum Gasteiger partial charge on any atom is -0.381 e. The summed E-state index contributed by atoms with van der Waals surface area (Å²) in [7, 11) is 2.10. The van der Waals surface area contributed by atoms with Gasteiger partial charge >= 0.3 is 0 Å². The lowest BCUT2D eigenvalue weighted by Gasteiger charge is -2.18. The molecular formula is C9H19BO2. The SMILES string of the molecule is B[C@@H]1O[C@H](C)C(C)[C@H]1OCCC. The third-order valence-corrected chi connectivity index (χ3v) is 2.67. The molecule has 4 atom stereocenters. The number of hydrogen-bond acceptors (Lipinski definition) is 2. The van der Waals surface area contributed by atoms with Crippen LogP contribution in [0.1, 0.15) is 27.2 Å². The Morgan fingerprint density at radius 1 is 1.42 bits per heavy atom. The van der Waals surface area contributed by atoms with Gasteiger partial charge in [0.25, 0.3) is 0 Å². The van der Waals surface area contributed by atoms with Crippen LogP contribution >= 0.6 is 0 Å². The number of ether oxygens (including phenoxy) is 2. The quantitative estimate of drug-likeness (QED) is 0.583. The van der Waals surface area contributed by atoms with Crippen LogP contribution in [0.4, 0.5) is 0 Å². The smallest absolute Gasteiger partial charge is 0.142 e. The summed E-state index contributed by atoms with van der Waals surface area (Å²) < 4.78 is 11.4. The van der Waals surface area contributed by atoms with Crippen molar-refractivity contribution in [2.24, 2.45) is 5.92 Å². The first kappa shape index (κ1) is 10.1. The van der Waals surface area contributed by atoms with E-state index in [1.165, 1.54) is 0 Å². The third kappa shape index (κ3) is 2.02. The molecular weight excluding hydrogens is 151 g/mol. The normalized spacial score (nSPS) is 41.9. The molecule has 70 valence electrons. The van der Waals surface area contributed by atoms with Crippen LogP contribution in [0.25, 0.3) is 0 Å². The molecule has 12 heavy (non-hydrogen) atoms. The molecule has 2 nitrogen and oxygen atoms in total. The highest BCUT2D eigenvalue weighted by Crippen LogP contribution is 2.27. The first-order valence-electron chi connectivity index (χ1n) is 4.93. The second kappa shape index (κ2) is 4.29. The van der Waals surface area contributed by atoms with Crippen molar-refractivity contribution in [3.05, 3.63) is 0 Å². The van der Waals surface area contributed by atoms with Crippen LogP contribution in [0.2, 0.25) is 0 Å². The van der Waals surface area contributed by atoms with E-state index in [-0.39, 0.29) is 6.00 Å². The zero-order valence-electron chi connectivity index (χ0n) is 8.54. The lowest BCUT2D eigenvalue weighted by Crippen LogP contribution is -2.29. The molecule has 0 spiro atoms. The van der Waals surface area contributed by atoms with Crippen molar-refractivity contribution in [1.29, 1.82) is 0 Å². The van der Waals surface area contributed by atoms with Crippen molar-refractivity contribution in [3.63, 3.8) is 0 Å². The summed E-state index contributed by atoms with van der Waals surface area (Å²) in [5.74, 6) is 0.534. The van der Waals surface area contributed by atoms with Gasteiger partial charge < -0.3 is 9.47 Å². The second-order valence-electron chi connectivity index (χ2n) is 3.74. The molecule has 1 unspecified atom stereocenters. The summed E-state index contributed by atoms with van der Waals surface area (Å²) in [5, 5.41) is 0. The molecule has 0 aliphatic carbocycles. The summed E-state index contributed by atoms with van der Waals surface area (Å²) in [6.45, 7) is 7.31. The van der Waals surface area contributed by atoms with Crippen LogP contribution in [-0.2, 0) is 9.47 Å². The van der Waals surface area contributed by atoms with E-state index in [1.807, 2.05) is 0 Å². The lowest BCUT2D eigenvalue weighted by atomic mass is 9.89. The van der Waals surface area contributed by atoms with Crippen LogP contribution in [0.5, 0.6) is 0 Å². The molecule has 0 aromatic rings. The Morgan fingerprint density at radius 3 is 2.50 bits per heavy atom. The molecule has 3 heteroatoms. The summed E-state index contributed by atoms with van der Waals surface area (Å²) in [6.07, 6.45) is 1.74. The molecule has 1 aliphatic heterocycles. The van der Waals surface area contributed by atoms with Crippen molar-refractivity contribution >= 4 is 7.85 Å². The molecule has 0 bridgehead atoms. The van der Waals surface area contributed by atoms with E-state index < -0.39 is 0 Å². The molecule has 0 N–H and O–H groups in total. The predicted octanol–water partition coefficient (Wildman–Crippen LogP) is 0.796. The fourth-order valence-electron chi connectivity index (χ4n) is 1.78. The maximum absolute atomic E-state index is 5.72. The van der Waals surface area contributed by atoms with Crippen molar-refractivity contribution in [1.82, 2.24) is 0 Å². The van der Waals surface area contributed by atoms with Crippen LogP contribution < -0.4 is 0 Å². The van der Waals surface area contributed by atoms with E-state index in [0.717, 1.165) is 13.0 Å². The molecule has 1 heterocycles. The zero-order valence-corrected chi connectivity index (χ0v) is 8.54. The average Bonchev–Trinajstić information content (AvgIpc) is 2.25. The van der Waals surface area contributed by atoms with Gasteiger partial charge in [-0.1, -0.05) is 13.8 Å². The van der Waals surface area contributed by atoms with Gasteiger partial charge in [0.2, 0.25) is 0 Å². The first-order chi connectivity index (χ1) is 5.66. The maximum Gasteiger partial charge on any atom is 0.142 e. The van der Waals surface area contributed by atoms with Gasteiger partial charge in [-0.25, -0.2) is 0 Å². The molecule has 0 amide bonds. The van der Waals surface area contributed by atoms with E-state index >= 15 is 0 Å². The molecule has 1 saturated heterocycles. The van der Waals surface area contributed by atoms with Gasteiger partial charge in [0.05, 0.1) is 18.2 Å². The Hall–Kier alpha value is -0.0151. The summed E-state index contributed by atoms with van der Waals surface area (Å²) in [5.41, 5.74) is 0. The van der Waals surface area contributed by atoms with Gasteiger partial charge in [-0.3, -0.25) is 0 Å². The molecule has 0 aromatic carbocycles. The van der Waals surface area contributed by atoms with E-state index in [1.54, 1.807) is 0 Å². The van der Waals surface area contributed by atoms with Crippen molar-refractivity contribution in [2.45, 2.75) is 45.4 Å². The van der Waals surface area contributed by atoms with Crippen molar-refractivity contribution in [2.75, 3.05) is 6.61 Å². The fourth-order valence-corrected chi connectivity index (χ4v) is 1.78. The van der Waals surface area contributed by atoms with Crippen LogP contribution in [0.3, 0.4) is 0 Å². The summed E-state index contributed by atoms with van der Waals surface area (Å²) in [6, 6.07) is 0.265. The number of hydrogen-bond donors (Lipinski definition) is 0. The Balaban J connectivity index is 2.40. The number of rotatable bonds is 3. The molecule has 0 saturated carbocycles. The molecule has 0 radical (unpaired) electrons. The highest BCUT2D eigenvalue weighted by atomic mass is 16.6. The standard InChI is InChI=1S/C9H19BO2/c1-4-5-11-8-6(2)7(3)12-9(8)10/h6-9H,4-5,10H2,1-3H3/t6?,7-,8-,9-/m1/s1. The monoisotopic (exact) mass is 170 g/mol. The van der Waals surface area contributed by atoms with Crippen LogP contribution in [-0.4, -0.2) is 32.7 Å². The summed E-state index contributed by atoms with van der Waals surface area (Å²) in [4.78, 5) is 0. The second-order valence-corrected chi connectivity index (χ2v) is 3.74. The Morgan fingerprint density at radius 2 is 2.08 bits per heavy atom. The first-order valence-corrected chi connectivity index (χ1v) is 4.93. The topological polar surface area (TPSA) is 18.5 Å². The Bertz CT molecular complexity index is 140. The molecule has 1 aliphatic rings. The average molecular weight is 170 g/mol. The maximum atomic E-state index is 5.72. The van der Waals surface area contributed by atoms with Gasteiger partial charge in [0, 0.05) is 12.5 Å². The van der Waals surface area contributed by atoms with Crippen LogP contribution in [0, 0.1) is 5.92 Å². The lowest BCUT2D eigenvalue weighted by molar-refractivity contribution is 0.0127. The van der Waals surface area contributed by atoms with Crippen LogP contribution in [0.15, 0.2) is 0 Å². The summed E-state index contributed by atoms with van der Waals surface area (Å²) >= 11 is 0. The van der Waals surface area contributed by atoms with E-state index in [9.17, 15) is 0 Å². The van der Waals surface area contributed by atoms with Gasteiger partial charge in [-0.05, 0) is 13.3 Å². The largest absolute Gasteiger partial charge is 0.381 e. The highest BCUT2D eigenvalue weighted by molar-refractivity contribution is 6.11. The van der Waals surface area contributed by atoms with Crippen molar-refractivity contribution < 1.29 is 9.47 Å². The molecule has 1 rings (SSSR count). The predicted molar refractivity (Wildman–Crippen MR) is 52.1 cm³/mol.